The molecule has 2 heterocycles. The summed E-state index contributed by atoms with van der Waals surface area (Å²) < 4.78 is 27.4. The number of imidazole rings is 1. The van der Waals surface area contributed by atoms with Gasteiger partial charge >= 0.3 is 5.69 Å². The van der Waals surface area contributed by atoms with Gasteiger partial charge in [-0.15, -0.1) is 0 Å². The van der Waals surface area contributed by atoms with E-state index < -0.39 is 45.2 Å². The van der Waals surface area contributed by atoms with Crippen molar-refractivity contribution in [3.63, 3.8) is 0 Å². The lowest BCUT2D eigenvalue weighted by Crippen LogP contribution is -2.54. The van der Waals surface area contributed by atoms with Crippen LogP contribution in [-0.2, 0) is 28.2 Å². The first kappa shape index (κ1) is 22.2. The van der Waals surface area contributed by atoms with E-state index in [4.69, 9.17) is 5.21 Å². The summed E-state index contributed by atoms with van der Waals surface area (Å²) in [6.45, 7) is -0.904. The quantitative estimate of drug-likeness (QED) is 0.282. The summed E-state index contributed by atoms with van der Waals surface area (Å²) in [5.41, 5.74) is -0.787. The molecular weight excluding hydrogens is 428 g/mol. The van der Waals surface area contributed by atoms with Crippen molar-refractivity contribution in [3.05, 3.63) is 65.5 Å². The van der Waals surface area contributed by atoms with E-state index in [1.54, 1.807) is 36.7 Å². The predicted molar refractivity (Wildman–Crippen MR) is 108 cm³/mol. The van der Waals surface area contributed by atoms with Gasteiger partial charge in [0.05, 0.1) is 23.4 Å². The largest absolute Gasteiger partial charge is 0.493 e. The van der Waals surface area contributed by atoms with E-state index in [1.165, 1.54) is 24.7 Å². The number of pyridine rings is 1. The first-order chi connectivity index (χ1) is 14.6. The maximum atomic E-state index is 12.9. The molecule has 1 unspecified atom stereocenters. The molecule has 2 aromatic heterocycles. The molecule has 31 heavy (non-hydrogen) atoms. The lowest BCUT2D eigenvalue weighted by atomic mass is 10.1. The van der Waals surface area contributed by atoms with E-state index in [0.29, 0.717) is 4.57 Å². The number of carbonyl (C=O) groups excluding carboxylic acids is 1. The summed E-state index contributed by atoms with van der Waals surface area (Å²) in [7, 11) is -2.92. The maximum Gasteiger partial charge on any atom is 0.330 e. The van der Waals surface area contributed by atoms with Gasteiger partial charge in [0.2, 0.25) is 5.88 Å². The number of aromatic hydroxyl groups is 1. The van der Waals surface area contributed by atoms with Crippen molar-refractivity contribution < 1.29 is 28.6 Å². The van der Waals surface area contributed by atoms with Crippen LogP contribution in [0.2, 0.25) is 0 Å². The molecule has 1 aromatic carbocycles. The Morgan fingerprint density at radius 3 is 2.23 bits per heavy atom. The number of aromatic nitrogens is 3. The van der Waals surface area contributed by atoms with Crippen LogP contribution in [0.3, 0.4) is 0 Å². The highest BCUT2D eigenvalue weighted by atomic mass is 32.2. The molecule has 164 valence electrons. The molecule has 0 saturated heterocycles. The van der Waals surface area contributed by atoms with Crippen molar-refractivity contribution >= 4 is 15.7 Å². The third kappa shape index (κ3) is 4.50. The molecule has 0 aliphatic carbocycles. The number of carbonyl (C=O) groups is 1. The lowest BCUT2D eigenvalue weighted by Gasteiger charge is -2.25. The molecule has 0 saturated carbocycles. The fourth-order valence-corrected chi connectivity index (χ4v) is 4.65. The molecule has 1 amide bonds. The average Bonchev–Trinajstić information content (AvgIpc) is 2.99. The fourth-order valence-electron chi connectivity index (χ4n) is 3.08. The number of sulfone groups is 1. The molecule has 0 aliphatic rings. The van der Waals surface area contributed by atoms with E-state index in [2.05, 4.69) is 4.98 Å². The van der Waals surface area contributed by atoms with Gasteiger partial charge in [-0.3, -0.25) is 24.1 Å². The number of amides is 1. The molecule has 0 radical (unpaired) electrons. The molecule has 3 aromatic rings. The topological polar surface area (TPSA) is 164 Å². The summed E-state index contributed by atoms with van der Waals surface area (Å²) in [5.74, 6) is -3.18. The minimum absolute atomic E-state index is 0.181. The molecule has 4 N–H and O–H groups in total. The molecule has 0 bridgehead atoms. The zero-order valence-electron chi connectivity index (χ0n) is 16.3. The van der Waals surface area contributed by atoms with Crippen molar-refractivity contribution in [1.82, 2.24) is 19.6 Å². The van der Waals surface area contributed by atoms with Crippen LogP contribution in [0.25, 0.3) is 11.1 Å². The van der Waals surface area contributed by atoms with Crippen molar-refractivity contribution in [1.29, 1.82) is 0 Å². The number of nitrogens with one attached hydrogen (secondary N) is 1. The molecule has 0 fully saturated rings. The minimum Gasteiger partial charge on any atom is -0.493 e. The van der Waals surface area contributed by atoms with Crippen molar-refractivity contribution in [2.24, 2.45) is 7.05 Å². The van der Waals surface area contributed by atoms with Crippen molar-refractivity contribution in [3.8, 4) is 17.0 Å². The second kappa shape index (κ2) is 8.34. The van der Waals surface area contributed by atoms with Gasteiger partial charge in [-0.1, -0.05) is 12.1 Å². The Hall–Kier alpha value is -3.48. The first-order valence-electron chi connectivity index (χ1n) is 8.93. The molecule has 0 aliphatic heterocycles. The second-order valence-corrected chi connectivity index (χ2v) is 8.95. The SMILES string of the molecule is Cn1cc(O)n(CC(O)(CS(=O)(=O)c2ccc(-c3ccncc3)cc2)C(=O)NO)c1=O. The standard InChI is InChI=1S/C19H20N4O7S/c1-22-10-16(24)23(18(22)26)11-19(27,17(25)21-28)12-31(29,30)15-4-2-13(3-5-15)14-6-8-20-9-7-14/h2-10,24,27-28H,11-12H2,1H3,(H,21,25). The summed E-state index contributed by atoms with van der Waals surface area (Å²) >= 11 is 0. The minimum atomic E-state index is -4.25. The summed E-state index contributed by atoms with van der Waals surface area (Å²) in [6, 6.07) is 9.24. The lowest BCUT2D eigenvalue weighted by molar-refractivity contribution is -0.148. The number of aryl methyl sites for hydroxylation is 1. The number of hydroxylamine groups is 1. The summed E-state index contributed by atoms with van der Waals surface area (Å²) in [5, 5.41) is 29.7. The number of hydrogen-bond donors (Lipinski definition) is 4. The van der Waals surface area contributed by atoms with Crippen LogP contribution >= 0.6 is 0 Å². The third-order valence-corrected chi connectivity index (χ3v) is 6.57. The Kier molecular flexibility index (Phi) is 5.97. The highest BCUT2D eigenvalue weighted by Crippen LogP contribution is 2.24. The van der Waals surface area contributed by atoms with Gasteiger partial charge in [-0.05, 0) is 35.4 Å². The van der Waals surface area contributed by atoms with Crippen LogP contribution in [0.15, 0.2) is 64.7 Å². The van der Waals surface area contributed by atoms with Gasteiger partial charge in [-0.25, -0.2) is 18.7 Å². The molecule has 1 atom stereocenters. The number of aliphatic hydroxyl groups is 1. The van der Waals surface area contributed by atoms with Crippen LogP contribution in [0.1, 0.15) is 0 Å². The highest BCUT2D eigenvalue weighted by molar-refractivity contribution is 7.91. The molecular formula is C19H20N4O7S. The van der Waals surface area contributed by atoms with Crippen molar-refractivity contribution in [2.45, 2.75) is 17.0 Å². The maximum absolute atomic E-state index is 12.9. The number of benzene rings is 1. The Morgan fingerprint density at radius 2 is 1.71 bits per heavy atom. The molecule has 12 heteroatoms. The van der Waals surface area contributed by atoms with Gasteiger partial charge in [0, 0.05) is 19.4 Å². The summed E-state index contributed by atoms with van der Waals surface area (Å²) in [6.07, 6.45) is 4.22. The molecule has 11 nitrogen and oxygen atoms in total. The van der Waals surface area contributed by atoms with Crippen LogP contribution in [0.5, 0.6) is 5.88 Å². The number of hydrogen-bond acceptors (Lipinski definition) is 8. The monoisotopic (exact) mass is 448 g/mol. The normalized spacial score (nSPS) is 13.5. The first-order valence-corrected chi connectivity index (χ1v) is 10.6. The van der Waals surface area contributed by atoms with Gasteiger partial charge in [0.15, 0.2) is 15.4 Å². The fraction of sp³-hybridized carbons (Fsp3) is 0.211. The van der Waals surface area contributed by atoms with Gasteiger partial charge in [0.1, 0.15) is 0 Å². The van der Waals surface area contributed by atoms with Crippen LogP contribution in [0.4, 0.5) is 0 Å². The molecule has 0 spiro atoms. The smallest absolute Gasteiger partial charge is 0.330 e. The van der Waals surface area contributed by atoms with Gasteiger partial charge < -0.3 is 10.2 Å². The number of nitrogens with zero attached hydrogens (tertiary/aromatic N) is 3. The Labute approximate surface area is 176 Å². The van der Waals surface area contributed by atoms with E-state index >= 15 is 0 Å². The van der Waals surface area contributed by atoms with Crippen LogP contribution < -0.4 is 11.2 Å². The van der Waals surface area contributed by atoms with E-state index in [0.717, 1.165) is 21.9 Å². The third-order valence-electron chi connectivity index (χ3n) is 4.72. The Balaban J connectivity index is 1.93. The van der Waals surface area contributed by atoms with Gasteiger partial charge in [0.25, 0.3) is 5.91 Å². The Morgan fingerprint density at radius 1 is 1.13 bits per heavy atom. The zero-order chi connectivity index (χ0) is 22.8. The highest BCUT2D eigenvalue weighted by Gasteiger charge is 2.42. The summed E-state index contributed by atoms with van der Waals surface area (Å²) in [4.78, 5) is 28.0. The number of rotatable bonds is 7. The Bertz CT molecular complexity index is 1250. The molecule has 3 rings (SSSR count). The average molecular weight is 448 g/mol. The van der Waals surface area contributed by atoms with E-state index in [9.17, 15) is 28.2 Å². The van der Waals surface area contributed by atoms with Crippen molar-refractivity contribution in [2.75, 3.05) is 5.75 Å². The van der Waals surface area contributed by atoms with Crippen LogP contribution in [-0.4, -0.2) is 55.2 Å². The zero-order valence-corrected chi connectivity index (χ0v) is 17.2. The van der Waals surface area contributed by atoms with Crippen LogP contribution in [0, 0.1) is 0 Å². The second-order valence-electron chi connectivity index (χ2n) is 6.96. The van der Waals surface area contributed by atoms with E-state index in [1.807, 2.05) is 0 Å². The predicted octanol–water partition coefficient (Wildman–Crippen LogP) is -0.335. The van der Waals surface area contributed by atoms with E-state index in [-0.39, 0.29) is 4.90 Å². The van der Waals surface area contributed by atoms with Gasteiger partial charge in [-0.2, -0.15) is 0 Å².